The molecule has 0 aromatic carbocycles. The van der Waals surface area contributed by atoms with E-state index in [1.54, 1.807) is 6.07 Å². The fourth-order valence-electron chi connectivity index (χ4n) is 1.74. The van der Waals surface area contributed by atoms with Crippen molar-refractivity contribution in [3.63, 3.8) is 0 Å². The number of halogens is 1. The number of rotatable bonds is 2. The van der Waals surface area contributed by atoms with E-state index in [0.717, 1.165) is 4.88 Å². The molecule has 2 rings (SSSR count). The summed E-state index contributed by atoms with van der Waals surface area (Å²) >= 11 is 7.30. The molecule has 1 saturated heterocycles. The molecule has 3 atom stereocenters. The van der Waals surface area contributed by atoms with E-state index in [2.05, 4.69) is 10.1 Å². The molecule has 1 aliphatic heterocycles. The zero-order valence-corrected chi connectivity index (χ0v) is 11.5. The number of thiophene rings is 1. The van der Waals surface area contributed by atoms with E-state index < -0.39 is 16.8 Å². The molecule has 0 aliphatic carbocycles. The Morgan fingerprint density at radius 3 is 2.94 bits per heavy atom. The molecule has 1 aromatic rings. The topological polar surface area (TPSA) is 55.4 Å². The Balaban J connectivity index is 2.13. The van der Waals surface area contributed by atoms with Crippen LogP contribution >= 0.6 is 22.9 Å². The molecule has 7 heteroatoms. The van der Waals surface area contributed by atoms with Crippen LogP contribution in [0.5, 0.6) is 0 Å². The Kier molecular flexibility index (Phi) is 4.19. The first kappa shape index (κ1) is 13.0. The Morgan fingerprint density at radius 1 is 1.59 bits per heavy atom. The molecule has 94 valence electrons. The Hall–Kier alpha value is -0.430. The van der Waals surface area contributed by atoms with Crippen LogP contribution < -0.4 is 5.32 Å². The first-order chi connectivity index (χ1) is 8.10. The van der Waals surface area contributed by atoms with Crippen molar-refractivity contribution in [2.75, 3.05) is 18.6 Å². The van der Waals surface area contributed by atoms with Crippen LogP contribution in [0.3, 0.4) is 0 Å². The van der Waals surface area contributed by atoms with E-state index >= 15 is 0 Å². The third-order valence-corrected chi connectivity index (χ3v) is 5.29. The standard InChI is InChI=1S/C10H12ClNO3S2/c1-15-10(13)7-5-17(14)4-6(12-7)8-2-3-9(11)16-8/h2-3,6-7,12H,4-5H2,1H3. The predicted octanol–water partition coefficient (Wildman–Crippen LogP) is 1.34. The second-order valence-corrected chi connectivity index (χ2v) is 7.00. The summed E-state index contributed by atoms with van der Waals surface area (Å²) in [6.45, 7) is 0. The number of carbonyl (C=O) groups excluding carboxylic acids is 1. The number of hydrogen-bond acceptors (Lipinski definition) is 5. The molecular weight excluding hydrogens is 282 g/mol. The number of ether oxygens (including phenoxy) is 1. The third kappa shape index (κ3) is 3.07. The first-order valence-corrected chi connectivity index (χ1v) is 7.72. The maximum atomic E-state index is 11.7. The van der Waals surface area contributed by atoms with Gasteiger partial charge in [0.05, 0.1) is 17.5 Å². The Morgan fingerprint density at radius 2 is 2.35 bits per heavy atom. The van der Waals surface area contributed by atoms with Crippen molar-refractivity contribution in [1.82, 2.24) is 5.32 Å². The molecule has 0 radical (unpaired) electrons. The molecule has 2 heterocycles. The number of methoxy groups -OCH3 is 1. The highest BCUT2D eigenvalue weighted by molar-refractivity contribution is 7.85. The van der Waals surface area contributed by atoms with E-state index in [-0.39, 0.29) is 12.0 Å². The van der Waals surface area contributed by atoms with Gasteiger partial charge in [0.25, 0.3) is 0 Å². The van der Waals surface area contributed by atoms with Crippen LogP contribution in [-0.4, -0.2) is 34.8 Å². The third-order valence-electron chi connectivity index (χ3n) is 2.53. The second-order valence-electron chi connectivity index (χ2n) is 3.71. The summed E-state index contributed by atoms with van der Waals surface area (Å²) in [5.41, 5.74) is 0. The van der Waals surface area contributed by atoms with Crippen LogP contribution in [0, 0.1) is 0 Å². The average Bonchev–Trinajstić information content (AvgIpc) is 2.74. The lowest BCUT2D eigenvalue weighted by Gasteiger charge is -2.28. The zero-order valence-electron chi connectivity index (χ0n) is 9.14. The molecule has 0 bridgehead atoms. The van der Waals surface area contributed by atoms with Gasteiger partial charge in [0, 0.05) is 27.2 Å². The van der Waals surface area contributed by atoms with Gasteiger partial charge < -0.3 is 4.74 Å². The molecule has 0 saturated carbocycles. The highest BCUT2D eigenvalue weighted by Gasteiger charge is 2.32. The van der Waals surface area contributed by atoms with Gasteiger partial charge in [0.1, 0.15) is 6.04 Å². The molecule has 1 fully saturated rings. The Labute approximate surface area is 111 Å². The summed E-state index contributed by atoms with van der Waals surface area (Å²) in [4.78, 5) is 12.4. The maximum absolute atomic E-state index is 11.7. The van der Waals surface area contributed by atoms with Crippen LogP contribution in [-0.2, 0) is 20.3 Å². The van der Waals surface area contributed by atoms with Gasteiger partial charge in [-0.1, -0.05) is 11.6 Å². The van der Waals surface area contributed by atoms with Crippen molar-refractivity contribution in [2.45, 2.75) is 12.1 Å². The summed E-state index contributed by atoms with van der Waals surface area (Å²) < 4.78 is 17.1. The molecule has 1 N–H and O–H groups in total. The lowest BCUT2D eigenvalue weighted by molar-refractivity contribution is -0.142. The van der Waals surface area contributed by atoms with Crippen LogP contribution in [0.25, 0.3) is 0 Å². The van der Waals surface area contributed by atoms with Gasteiger partial charge in [0.2, 0.25) is 0 Å². The maximum Gasteiger partial charge on any atom is 0.323 e. The molecule has 1 aliphatic rings. The minimum atomic E-state index is -1.01. The number of esters is 1. The van der Waals surface area contributed by atoms with E-state index in [0.29, 0.717) is 15.8 Å². The monoisotopic (exact) mass is 293 g/mol. The van der Waals surface area contributed by atoms with Gasteiger partial charge in [-0.2, -0.15) is 0 Å². The van der Waals surface area contributed by atoms with Crippen molar-refractivity contribution < 1.29 is 13.7 Å². The lowest BCUT2D eigenvalue weighted by atomic mass is 10.2. The molecular formula is C10H12ClNO3S2. The fourth-order valence-corrected chi connectivity index (χ4v) is 4.35. The van der Waals surface area contributed by atoms with Gasteiger partial charge in [-0.25, -0.2) is 0 Å². The molecule has 0 spiro atoms. The average molecular weight is 294 g/mol. The molecule has 3 unspecified atom stereocenters. The lowest BCUT2D eigenvalue weighted by Crippen LogP contribution is -2.49. The SMILES string of the molecule is COC(=O)C1CS(=O)CC(c2ccc(Cl)s2)N1. The fraction of sp³-hybridized carbons (Fsp3) is 0.500. The van der Waals surface area contributed by atoms with Gasteiger partial charge in [-0.3, -0.25) is 14.3 Å². The van der Waals surface area contributed by atoms with E-state index in [4.69, 9.17) is 11.6 Å². The number of carbonyl (C=O) groups is 1. The molecule has 17 heavy (non-hydrogen) atoms. The molecule has 4 nitrogen and oxygen atoms in total. The summed E-state index contributed by atoms with van der Waals surface area (Å²) in [5, 5.41) is 3.15. The van der Waals surface area contributed by atoms with E-state index in [1.807, 2.05) is 6.07 Å². The van der Waals surface area contributed by atoms with Crippen LogP contribution in [0.15, 0.2) is 12.1 Å². The van der Waals surface area contributed by atoms with Crippen LogP contribution in [0.2, 0.25) is 4.34 Å². The highest BCUT2D eigenvalue weighted by atomic mass is 35.5. The second kappa shape index (κ2) is 5.48. The predicted molar refractivity (Wildman–Crippen MR) is 68.9 cm³/mol. The summed E-state index contributed by atoms with van der Waals surface area (Å²) in [7, 11) is 0.318. The Bertz CT molecular complexity index is 449. The minimum absolute atomic E-state index is 0.0915. The minimum Gasteiger partial charge on any atom is -0.468 e. The van der Waals surface area contributed by atoms with E-state index in [9.17, 15) is 9.00 Å². The van der Waals surface area contributed by atoms with Gasteiger partial charge in [-0.05, 0) is 12.1 Å². The van der Waals surface area contributed by atoms with Gasteiger partial charge >= 0.3 is 5.97 Å². The van der Waals surface area contributed by atoms with Crippen molar-refractivity contribution in [2.24, 2.45) is 0 Å². The van der Waals surface area contributed by atoms with Gasteiger partial charge in [0.15, 0.2) is 0 Å². The van der Waals surface area contributed by atoms with Crippen molar-refractivity contribution in [3.8, 4) is 0 Å². The first-order valence-electron chi connectivity index (χ1n) is 5.04. The highest BCUT2D eigenvalue weighted by Crippen LogP contribution is 2.29. The number of hydrogen-bond donors (Lipinski definition) is 1. The summed E-state index contributed by atoms with van der Waals surface area (Å²) in [6, 6.07) is 3.10. The van der Waals surface area contributed by atoms with Crippen molar-refractivity contribution in [1.29, 1.82) is 0 Å². The largest absolute Gasteiger partial charge is 0.468 e. The van der Waals surface area contributed by atoms with Crippen molar-refractivity contribution in [3.05, 3.63) is 21.3 Å². The van der Waals surface area contributed by atoms with Crippen LogP contribution in [0.4, 0.5) is 0 Å². The zero-order chi connectivity index (χ0) is 12.4. The van der Waals surface area contributed by atoms with Crippen molar-refractivity contribution >= 4 is 39.7 Å². The quantitative estimate of drug-likeness (QED) is 0.836. The van der Waals surface area contributed by atoms with Gasteiger partial charge in [-0.15, -0.1) is 11.3 Å². The smallest absolute Gasteiger partial charge is 0.323 e. The van der Waals surface area contributed by atoms with E-state index in [1.165, 1.54) is 18.4 Å². The summed E-state index contributed by atoms with van der Waals surface area (Å²) in [5.74, 6) is 0.442. The molecule has 1 aromatic heterocycles. The summed E-state index contributed by atoms with van der Waals surface area (Å²) in [6.07, 6.45) is 0. The number of nitrogens with one attached hydrogen (secondary N) is 1. The van der Waals surface area contributed by atoms with Crippen LogP contribution in [0.1, 0.15) is 10.9 Å². The normalized spacial score (nSPS) is 28.9. The molecule has 0 amide bonds.